The van der Waals surface area contributed by atoms with Crippen LogP contribution in [0.3, 0.4) is 0 Å². The molecule has 0 unspecified atom stereocenters. The average Bonchev–Trinajstić information content (AvgIpc) is 2.99. The van der Waals surface area contributed by atoms with Crippen LogP contribution < -0.4 is 4.90 Å². The smallest absolute Gasteiger partial charge is 0.414 e. The van der Waals surface area contributed by atoms with Crippen LogP contribution in [0, 0.1) is 11.6 Å². The molecule has 3 rings (SSSR count). The maximum absolute atomic E-state index is 14.9. The zero-order chi connectivity index (χ0) is 24.4. The number of ether oxygens (including phenoxy) is 1. The van der Waals surface area contributed by atoms with Gasteiger partial charge in [-0.2, -0.15) is 0 Å². The molecule has 0 radical (unpaired) electrons. The van der Waals surface area contributed by atoms with Gasteiger partial charge in [-0.05, 0) is 26.3 Å². The number of sulfone groups is 2. The van der Waals surface area contributed by atoms with Gasteiger partial charge in [0.25, 0.3) is 0 Å². The Balaban J connectivity index is 2.32. The predicted molar refractivity (Wildman–Crippen MR) is 111 cm³/mol. The third-order valence-electron chi connectivity index (χ3n) is 4.54. The van der Waals surface area contributed by atoms with Gasteiger partial charge < -0.3 is 4.74 Å². The van der Waals surface area contributed by atoms with E-state index in [-0.39, 0.29) is 28.9 Å². The summed E-state index contributed by atoms with van der Waals surface area (Å²) in [4.78, 5) is 21.0. The first-order valence-electron chi connectivity index (χ1n) is 9.21. The van der Waals surface area contributed by atoms with Crippen LogP contribution in [0.2, 0.25) is 0 Å². The van der Waals surface area contributed by atoms with Gasteiger partial charge in [-0.3, -0.25) is 4.90 Å². The minimum Gasteiger partial charge on any atom is -0.443 e. The Morgan fingerprint density at radius 1 is 1.06 bits per heavy atom. The number of halogens is 2. The zero-order valence-corrected chi connectivity index (χ0v) is 19.8. The highest BCUT2D eigenvalue weighted by Crippen LogP contribution is 2.46. The quantitative estimate of drug-likeness (QED) is 0.406. The monoisotopic (exact) mass is 489 g/mol. The summed E-state index contributed by atoms with van der Waals surface area (Å²) in [7, 11) is -6.89. The fourth-order valence-electron chi connectivity index (χ4n) is 3.26. The van der Waals surface area contributed by atoms with E-state index in [0.717, 1.165) is 23.5 Å². The highest BCUT2D eigenvalue weighted by Gasteiger charge is 2.37. The summed E-state index contributed by atoms with van der Waals surface area (Å²) >= 11 is 0. The van der Waals surface area contributed by atoms with Crippen LogP contribution in [0.25, 0.3) is 11.1 Å². The van der Waals surface area contributed by atoms with E-state index in [1.807, 2.05) is 0 Å². The van der Waals surface area contributed by atoms with Crippen LogP contribution in [0.15, 0.2) is 16.2 Å². The predicted octanol–water partition coefficient (Wildman–Crippen LogP) is 2.50. The van der Waals surface area contributed by atoms with Gasteiger partial charge in [-0.25, -0.2) is 40.4 Å². The van der Waals surface area contributed by atoms with E-state index >= 15 is 0 Å². The summed E-state index contributed by atoms with van der Waals surface area (Å²) in [6, 6.07) is 0.787. The van der Waals surface area contributed by atoms with Crippen molar-refractivity contribution in [2.75, 3.05) is 24.5 Å². The van der Waals surface area contributed by atoms with Gasteiger partial charge >= 0.3 is 6.09 Å². The molecule has 13 heteroatoms. The lowest BCUT2D eigenvalue weighted by Gasteiger charge is -2.26. The highest BCUT2D eigenvalue weighted by atomic mass is 32.2. The number of aromatic nitrogens is 2. The number of rotatable bonds is 3. The van der Waals surface area contributed by atoms with E-state index in [4.69, 9.17) is 4.74 Å². The molecule has 1 aliphatic rings. The number of nitrogens with zero attached hydrogens (tertiary/aromatic N) is 3. The van der Waals surface area contributed by atoms with E-state index in [9.17, 15) is 30.4 Å². The minimum absolute atomic E-state index is 0.0529. The Bertz CT molecular complexity index is 1370. The molecule has 9 nitrogen and oxygen atoms in total. The maximum Gasteiger partial charge on any atom is 0.414 e. The zero-order valence-electron chi connectivity index (χ0n) is 18.1. The topological polar surface area (TPSA) is 124 Å². The molecule has 0 fully saturated rings. The summed E-state index contributed by atoms with van der Waals surface area (Å²) in [5.41, 5.74) is -1.77. The van der Waals surface area contributed by atoms with Crippen LogP contribution in [-0.2, 0) is 30.8 Å². The summed E-state index contributed by atoms with van der Waals surface area (Å²) in [5, 5.41) is -1.50. The van der Waals surface area contributed by atoms with Gasteiger partial charge in [-0.1, -0.05) is 0 Å². The van der Waals surface area contributed by atoms with E-state index in [0.29, 0.717) is 0 Å². The molecule has 174 valence electrons. The molecular formula is C19H21F2N3O6S2. The van der Waals surface area contributed by atoms with Gasteiger partial charge in [0, 0.05) is 43.2 Å². The summed E-state index contributed by atoms with van der Waals surface area (Å²) in [6.45, 7) is 4.89. The molecule has 0 atom stereocenters. The van der Waals surface area contributed by atoms with Crippen molar-refractivity contribution in [1.82, 2.24) is 9.97 Å². The summed E-state index contributed by atoms with van der Waals surface area (Å²) in [5.74, 6) is -2.70. The molecule has 1 aliphatic carbocycles. The van der Waals surface area contributed by atoms with E-state index in [1.54, 1.807) is 20.8 Å². The second-order valence-corrected chi connectivity index (χ2v) is 12.3. The Morgan fingerprint density at radius 2 is 1.66 bits per heavy atom. The fraction of sp³-hybridized carbons (Fsp3) is 0.421. The molecule has 0 bridgehead atoms. The van der Waals surface area contributed by atoms with Crippen molar-refractivity contribution in [2.45, 2.75) is 43.0 Å². The SMILES string of the molecule is CN(C(=O)OC(C)(C)C)c1cc(F)c(F)c2c1Cc1nc(S(C)(=O)=O)nc(S(C)(=O)=O)c1-2. The molecule has 0 saturated carbocycles. The van der Waals surface area contributed by atoms with E-state index < -0.39 is 58.7 Å². The molecule has 0 aliphatic heterocycles. The fourth-order valence-corrected chi connectivity index (χ4v) is 4.70. The molecule has 32 heavy (non-hydrogen) atoms. The van der Waals surface area contributed by atoms with Crippen LogP contribution in [0.4, 0.5) is 19.3 Å². The van der Waals surface area contributed by atoms with Crippen molar-refractivity contribution >= 4 is 31.5 Å². The van der Waals surface area contributed by atoms with Gasteiger partial charge in [0.1, 0.15) is 5.60 Å². The van der Waals surface area contributed by atoms with Gasteiger partial charge in [-0.15, -0.1) is 0 Å². The van der Waals surface area contributed by atoms with Crippen LogP contribution in [0.5, 0.6) is 0 Å². The second-order valence-electron chi connectivity index (χ2n) is 8.44. The first-order chi connectivity index (χ1) is 14.4. The number of carbonyl (C=O) groups is 1. The lowest BCUT2D eigenvalue weighted by molar-refractivity contribution is 0.0589. The Hall–Kier alpha value is -2.67. The largest absolute Gasteiger partial charge is 0.443 e. The summed E-state index contributed by atoms with van der Waals surface area (Å²) in [6.07, 6.45) is 0.459. The van der Waals surface area contributed by atoms with Crippen molar-refractivity contribution in [2.24, 2.45) is 0 Å². The lowest BCUT2D eigenvalue weighted by Crippen LogP contribution is -2.34. The third-order valence-corrected chi connectivity index (χ3v) is 6.38. The van der Waals surface area contributed by atoms with Crippen molar-refractivity contribution < 1.29 is 35.1 Å². The molecule has 0 spiro atoms. The molecule has 1 aromatic carbocycles. The number of anilines is 1. The second kappa shape index (κ2) is 7.44. The first kappa shape index (κ1) is 24.0. The Kier molecular flexibility index (Phi) is 5.58. The number of fused-ring (bicyclic) bond motifs is 3. The van der Waals surface area contributed by atoms with E-state index in [2.05, 4.69) is 9.97 Å². The number of hydrogen-bond donors (Lipinski definition) is 0. The van der Waals surface area contributed by atoms with Gasteiger partial charge in [0.2, 0.25) is 15.0 Å². The average molecular weight is 490 g/mol. The van der Waals surface area contributed by atoms with Crippen molar-refractivity contribution in [3.8, 4) is 11.1 Å². The molecule has 2 aromatic rings. The van der Waals surface area contributed by atoms with Crippen molar-refractivity contribution in [3.63, 3.8) is 0 Å². The Labute approximate surface area is 184 Å². The summed E-state index contributed by atoms with van der Waals surface area (Å²) < 4.78 is 83.4. The molecule has 0 saturated heterocycles. The first-order valence-corrected chi connectivity index (χ1v) is 13.0. The highest BCUT2D eigenvalue weighted by molar-refractivity contribution is 7.91. The van der Waals surface area contributed by atoms with Crippen LogP contribution in [0.1, 0.15) is 32.0 Å². The number of carbonyl (C=O) groups excluding carboxylic acids is 1. The molecule has 0 N–H and O–H groups in total. The van der Waals surface area contributed by atoms with E-state index in [1.165, 1.54) is 7.05 Å². The lowest BCUT2D eigenvalue weighted by atomic mass is 10.0. The van der Waals surface area contributed by atoms with Gasteiger partial charge in [0.05, 0.1) is 11.4 Å². The molecule has 1 aromatic heterocycles. The third kappa shape index (κ3) is 4.31. The molecular weight excluding hydrogens is 468 g/mol. The molecule has 1 amide bonds. The number of amides is 1. The van der Waals surface area contributed by atoms with Gasteiger partial charge in [0.15, 0.2) is 26.5 Å². The normalized spacial score (nSPS) is 13.5. The number of benzene rings is 1. The standard InChI is InChI=1S/C19H21F2N3O6S2/c1-19(2,3)30-18(25)24(4)12-8-10(20)15(21)13-9(12)7-11-14(13)16(31(5,26)27)23-17(22-11)32(6,28)29/h8H,7H2,1-6H3. The number of hydrogen-bond acceptors (Lipinski definition) is 8. The van der Waals surface area contributed by atoms with Crippen LogP contribution >= 0.6 is 0 Å². The molecule has 1 heterocycles. The van der Waals surface area contributed by atoms with Crippen LogP contribution in [-0.4, -0.2) is 58.1 Å². The maximum atomic E-state index is 14.9. The van der Waals surface area contributed by atoms with Crippen molar-refractivity contribution in [1.29, 1.82) is 0 Å². The minimum atomic E-state index is -4.17. The van der Waals surface area contributed by atoms with Crippen molar-refractivity contribution in [3.05, 3.63) is 29.0 Å². The Morgan fingerprint density at radius 3 is 2.16 bits per heavy atom.